The number of ether oxygens (including phenoxy) is 2. The Balaban J connectivity index is 2.49. The zero-order valence-corrected chi connectivity index (χ0v) is 28.0. The second-order valence-electron chi connectivity index (χ2n) is 14.2. The summed E-state index contributed by atoms with van der Waals surface area (Å²) in [5, 5.41) is 0. The number of nitrogens with zero attached hydrogens (tertiary/aromatic N) is 2. The van der Waals surface area contributed by atoms with Gasteiger partial charge in [0.15, 0.2) is 0 Å². The largest absolute Gasteiger partial charge is 0.464 e. The summed E-state index contributed by atoms with van der Waals surface area (Å²) in [4.78, 5) is 29.9. The monoisotopic (exact) mass is 574 g/mol. The number of esters is 2. The fourth-order valence-electron chi connectivity index (χ4n) is 4.35. The molecule has 0 aliphatic rings. The number of carbonyl (C=O) groups excluding carboxylic acids is 2. The van der Waals surface area contributed by atoms with Crippen LogP contribution in [0.15, 0.2) is 24.3 Å². The second kappa shape index (κ2) is 20.1. The minimum absolute atomic E-state index is 0.206. The summed E-state index contributed by atoms with van der Waals surface area (Å²) in [6, 6.07) is 7.63. The minimum Gasteiger partial charge on any atom is -0.464 e. The van der Waals surface area contributed by atoms with Crippen LogP contribution in [0.2, 0.25) is 0 Å². The van der Waals surface area contributed by atoms with Gasteiger partial charge >= 0.3 is 11.9 Å². The quantitative estimate of drug-likeness (QED) is 0.147. The van der Waals surface area contributed by atoms with Crippen molar-refractivity contribution < 1.29 is 19.1 Å². The van der Waals surface area contributed by atoms with Crippen LogP contribution in [0.25, 0.3) is 0 Å². The molecule has 0 aromatic heterocycles. The van der Waals surface area contributed by atoms with Gasteiger partial charge in [-0.05, 0) is 86.2 Å². The zero-order chi connectivity index (χ0) is 30.8. The lowest BCUT2D eigenvalue weighted by Crippen LogP contribution is -2.33. The van der Waals surface area contributed by atoms with E-state index in [0.29, 0.717) is 31.0 Å². The molecule has 0 saturated heterocycles. The smallest absolute Gasteiger partial charge is 0.310 e. The van der Waals surface area contributed by atoms with Gasteiger partial charge in [-0.1, -0.05) is 86.6 Å². The summed E-state index contributed by atoms with van der Waals surface area (Å²) in [5.74, 6) is 1.51. The van der Waals surface area contributed by atoms with Gasteiger partial charge in [-0.3, -0.25) is 19.4 Å². The topological polar surface area (TPSA) is 59.1 Å². The second-order valence-corrected chi connectivity index (χ2v) is 14.2. The Hall–Kier alpha value is -1.92. The van der Waals surface area contributed by atoms with Crippen LogP contribution in [0, 0.1) is 23.2 Å². The highest BCUT2D eigenvalue weighted by atomic mass is 16.5. The maximum Gasteiger partial charge on any atom is 0.310 e. The maximum absolute atomic E-state index is 12.6. The predicted octanol–water partition coefficient (Wildman–Crippen LogP) is 7.04. The number of carbonyl (C=O) groups is 2. The molecule has 0 radical (unpaired) electrons. The number of hydrogen-bond donors (Lipinski definition) is 0. The molecular formula is C35H62N2O4. The molecule has 0 saturated carbocycles. The van der Waals surface area contributed by atoms with Gasteiger partial charge in [0.05, 0.1) is 12.8 Å². The maximum atomic E-state index is 12.6. The van der Waals surface area contributed by atoms with Crippen molar-refractivity contribution in [2.75, 3.05) is 52.5 Å². The van der Waals surface area contributed by atoms with Crippen LogP contribution >= 0.6 is 0 Å². The van der Waals surface area contributed by atoms with Gasteiger partial charge in [-0.25, -0.2) is 0 Å². The van der Waals surface area contributed by atoms with E-state index in [4.69, 9.17) is 9.47 Å². The van der Waals surface area contributed by atoms with E-state index in [1.807, 2.05) is 24.3 Å². The third-order valence-electron chi connectivity index (χ3n) is 7.28. The highest BCUT2D eigenvalue weighted by molar-refractivity contribution is 5.74. The number of benzene rings is 1. The van der Waals surface area contributed by atoms with E-state index in [9.17, 15) is 9.59 Å². The molecule has 1 aromatic rings. The first-order chi connectivity index (χ1) is 19.2. The van der Waals surface area contributed by atoms with E-state index in [2.05, 4.69) is 72.1 Å². The van der Waals surface area contributed by atoms with Gasteiger partial charge in [0.25, 0.3) is 0 Å². The molecule has 0 atom stereocenters. The van der Waals surface area contributed by atoms with Gasteiger partial charge in [0.2, 0.25) is 0 Å². The standard InChI is InChI=1S/C35H62N2O4/c1-28(2)13-17-36(18-14-29(3)4)21-23-40-33(38)26-31-11-10-12-32(25-31)27-34(39)41-24-22-37(19-15-30(5)6)20-16-35(7,8)9/h10-12,25,28-30H,13-24,26-27H2,1-9H3. The summed E-state index contributed by atoms with van der Waals surface area (Å²) in [6.45, 7) is 26.7. The van der Waals surface area contributed by atoms with Crippen molar-refractivity contribution in [1.82, 2.24) is 9.80 Å². The average molecular weight is 575 g/mol. The lowest BCUT2D eigenvalue weighted by molar-refractivity contribution is -0.144. The van der Waals surface area contributed by atoms with Crippen molar-refractivity contribution in [3.63, 3.8) is 0 Å². The summed E-state index contributed by atoms with van der Waals surface area (Å²) in [7, 11) is 0. The first-order valence-electron chi connectivity index (χ1n) is 16.1. The molecule has 0 spiro atoms. The summed E-state index contributed by atoms with van der Waals surface area (Å²) in [6.07, 6.45) is 4.96. The van der Waals surface area contributed by atoms with Crippen LogP contribution in [0.3, 0.4) is 0 Å². The minimum atomic E-state index is -0.229. The van der Waals surface area contributed by atoms with Crippen molar-refractivity contribution in [1.29, 1.82) is 0 Å². The molecular weight excluding hydrogens is 512 g/mol. The van der Waals surface area contributed by atoms with Crippen LogP contribution in [-0.4, -0.2) is 74.2 Å². The van der Waals surface area contributed by atoms with Crippen LogP contribution in [0.5, 0.6) is 0 Å². The third kappa shape index (κ3) is 20.6. The van der Waals surface area contributed by atoms with Crippen molar-refractivity contribution in [3.8, 4) is 0 Å². The van der Waals surface area contributed by atoms with Crippen molar-refractivity contribution >= 4 is 11.9 Å². The van der Waals surface area contributed by atoms with Gasteiger partial charge in [-0.2, -0.15) is 0 Å². The van der Waals surface area contributed by atoms with Crippen molar-refractivity contribution in [2.24, 2.45) is 23.2 Å². The lowest BCUT2D eigenvalue weighted by Gasteiger charge is -2.27. The molecule has 0 bridgehead atoms. The number of rotatable bonds is 21. The van der Waals surface area contributed by atoms with E-state index in [1.165, 1.54) is 0 Å². The zero-order valence-electron chi connectivity index (χ0n) is 28.0. The third-order valence-corrected chi connectivity index (χ3v) is 7.28. The Morgan fingerprint density at radius 3 is 1.41 bits per heavy atom. The normalized spacial score (nSPS) is 12.2. The van der Waals surface area contributed by atoms with Crippen LogP contribution < -0.4 is 0 Å². The van der Waals surface area contributed by atoms with Gasteiger partial charge in [0, 0.05) is 13.1 Å². The Labute approximate surface area is 252 Å². The van der Waals surface area contributed by atoms with Gasteiger partial charge < -0.3 is 9.47 Å². The molecule has 0 unspecified atom stereocenters. The van der Waals surface area contributed by atoms with Crippen molar-refractivity contribution in [3.05, 3.63) is 35.4 Å². The SMILES string of the molecule is CC(C)CCN(CCOC(=O)Cc1cccc(CC(=O)OCCN(CCC(C)C)CCC(C)(C)C)c1)CCC(C)C. The van der Waals surface area contributed by atoms with E-state index < -0.39 is 0 Å². The highest BCUT2D eigenvalue weighted by Gasteiger charge is 2.15. The summed E-state index contributed by atoms with van der Waals surface area (Å²) >= 11 is 0. The molecule has 41 heavy (non-hydrogen) atoms. The fraction of sp³-hybridized carbons (Fsp3) is 0.771. The molecule has 236 valence electrons. The van der Waals surface area contributed by atoms with Crippen molar-refractivity contribution in [2.45, 2.75) is 101 Å². The molecule has 1 rings (SSSR count). The molecule has 6 nitrogen and oxygen atoms in total. The Morgan fingerprint density at radius 1 is 0.659 bits per heavy atom. The Morgan fingerprint density at radius 2 is 1.05 bits per heavy atom. The lowest BCUT2D eigenvalue weighted by atomic mass is 9.92. The Bertz CT molecular complexity index is 848. The summed E-state index contributed by atoms with van der Waals surface area (Å²) in [5.41, 5.74) is 2.00. The molecule has 0 aliphatic carbocycles. The first kappa shape index (κ1) is 37.1. The van der Waals surface area contributed by atoms with E-state index in [0.717, 1.165) is 76.1 Å². The Kier molecular flexibility index (Phi) is 18.2. The molecule has 0 N–H and O–H groups in total. The van der Waals surface area contributed by atoms with Gasteiger partial charge in [-0.15, -0.1) is 0 Å². The average Bonchev–Trinajstić information content (AvgIpc) is 2.86. The van der Waals surface area contributed by atoms with Gasteiger partial charge in [0.1, 0.15) is 13.2 Å². The predicted molar refractivity (Wildman–Crippen MR) is 171 cm³/mol. The fourth-order valence-corrected chi connectivity index (χ4v) is 4.35. The molecule has 0 amide bonds. The molecule has 6 heteroatoms. The molecule has 0 fully saturated rings. The molecule has 0 heterocycles. The van der Waals surface area contributed by atoms with E-state index in [1.54, 1.807) is 0 Å². The highest BCUT2D eigenvalue weighted by Crippen LogP contribution is 2.19. The molecule has 1 aromatic carbocycles. The molecule has 0 aliphatic heterocycles. The van der Waals surface area contributed by atoms with E-state index >= 15 is 0 Å². The first-order valence-corrected chi connectivity index (χ1v) is 16.1. The van der Waals surface area contributed by atoms with Crippen LogP contribution in [0.1, 0.15) is 99.1 Å². The van der Waals surface area contributed by atoms with Crippen LogP contribution in [0.4, 0.5) is 0 Å². The van der Waals surface area contributed by atoms with Crippen LogP contribution in [-0.2, 0) is 31.9 Å². The summed E-state index contributed by atoms with van der Waals surface area (Å²) < 4.78 is 11.2. The van der Waals surface area contributed by atoms with E-state index in [-0.39, 0.29) is 30.2 Å². The number of hydrogen-bond acceptors (Lipinski definition) is 6.